The molecule has 0 saturated carbocycles. The minimum absolute atomic E-state index is 0.489. The van der Waals surface area contributed by atoms with Gasteiger partial charge in [-0.2, -0.15) is 5.26 Å². The number of aromatic nitrogens is 1. The third-order valence-electron chi connectivity index (χ3n) is 5.07. The van der Waals surface area contributed by atoms with Gasteiger partial charge in [0.15, 0.2) is 5.58 Å². The molecule has 2 fully saturated rings. The Labute approximate surface area is 118 Å². The van der Waals surface area contributed by atoms with Gasteiger partial charge in [-0.3, -0.25) is 0 Å². The molecule has 4 heteroatoms. The first-order valence-corrected chi connectivity index (χ1v) is 7.21. The van der Waals surface area contributed by atoms with Gasteiger partial charge in [-0.25, -0.2) is 4.98 Å². The van der Waals surface area contributed by atoms with Crippen molar-refractivity contribution in [2.24, 2.45) is 0 Å². The molecule has 2 bridgehead atoms. The lowest BCUT2D eigenvalue weighted by Crippen LogP contribution is -2.47. The van der Waals surface area contributed by atoms with E-state index in [1.54, 1.807) is 0 Å². The van der Waals surface area contributed by atoms with E-state index in [1.807, 2.05) is 24.3 Å². The van der Waals surface area contributed by atoms with E-state index in [2.05, 4.69) is 23.0 Å². The fourth-order valence-electron chi connectivity index (χ4n) is 3.86. The molecule has 1 aromatic carbocycles. The smallest absolute Gasteiger partial charge is 0.216 e. The lowest BCUT2D eigenvalue weighted by molar-refractivity contribution is 0.123. The quantitative estimate of drug-likeness (QED) is 0.797. The molecule has 3 heterocycles. The normalized spacial score (nSPS) is 33.4. The van der Waals surface area contributed by atoms with Gasteiger partial charge < -0.3 is 9.32 Å². The fourth-order valence-corrected chi connectivity index (χ4v) is 3.86. The fraction of sp³-hybridized carbons (Fsp3) is 0.500. The summed E-state index contributed by atoms with van der Waals surface area (Å²) in [5.74, 6) is 0.617. The molecule has 0 N–H and O–H groups in total. The average molecular weight is 267 g/mol. The number of nitriles is 1. The number of piperidine rings is 1. The highest BCUT2D eigenvalue weighted by Gasteiger charge is 2.50. The van der Waals surface area contributed by atoms with E-state index in [4.69, 9.17) is 4.42 Å². The monoisotopic (exact) mass is 267 g/mol. The van der Waals surface area contributed by atoms with Crippen LogP contribution in [0.2, 0.25) is 0 Å². The van der Waals surface area contributed by atoms with Gasteiger partial charge in [0.25, 0.3) is 0 Å². The first kappa shape index (κ1) is 11.9. The molecule has 2 saturated heterocycles. The minimum atomic E-state index is -0.544. The number of rotatable bonds is 1. The zero-order valence-corrected chi connectivity index (χ0v) is 11.5. The third-order valence-corrected chi connectivity index (χ3v) is 5.07. The number of benzene rings is 1. The van der Waals surface area contributed by atoms with Crippen LogP contribution in [0.5, 0.6) is 0 Å². The topological polar surface area (TPSA) is 53.1 Å². The van der Waals surface area contributed by atoms with Crippen molar-refractivity contribution in [2.75, 3.05) is 7.05 Å². The first-order chi connectivity index (χ1) is 9.72. The number of fused-ring (bicyclic) bond motifs is 3. The summed E-state index contributed by atoms with van der Waals surface area (Å²) < 4.78 is 5.91. The van der Waals surface area contributed by atoms with Crippen LogP contribution in [0.15, 0.2) is 28.7 Å². The minimum Gasteiger partial charge on any atom is -0.439 e. The summed E-state index contributed by atoms with van der Waals surface area (Å²) in [6.07, 6.45) is 4.04. The number of oxazole rings is 1. The second kappa shape index (κ2) is 4.07. The maximum absolute atomic E-state index is 9.80. The Balaban J connectivity index is 1.80. The summed E-state index contributed by atoms with van der Waals surface area (Å²) in [5.41, 5.74) is 1.09. The molecule has 102 valence electrons. The Morgan fingerprint density at radius 2 is 2.00 bits per heavy atom. The predicted octanol–water partition coefficient (Wildman–Crippen LogP) is 2.85. The zero-order valence-electron chi connectivity index (χ0n) is 11.5. The highest BCUT2D eigenvalue weighted by Crippen LogP contribution is 2.46. The van der Waals surface area contributed by atoms with Crippen LogP contribution in [-0.2, 0) is 5.41 Å². The molecule has 0 radical (unpaired) electrons. The van der Waals surface area contributed by atoms with Crippen LogP contribution in [0.1, 0.15) is 31.6 Å². The van der Waals surface area contributed by atoms with Crippen LogP contribution in [0.4, 0.5) is 0 Å². The van der Waals surface area contributed by atoms with Gasteiger partial charge in [-0.15, -0.1) is 0 Å². The number of hydrogen-bond acceptors (Lipinski definition) is 4. The molecule has 2 unspecified atom stereocenters. The Bertz CT molecular complexity index is 652. The van der Waals surface area contributed by atoms with Crippen molar-refractivity contribution < 1.29 is 4.42 Å². The molecule has 0 aliphatic carbocycles. The summed E-state index contributed by atoms with van der Waals surface area (Å²) in [6.45, 7) is 0. The molecule has 4 rings (SSSR count). The summed E-state index contributed by atoms with van der Waals surface area (Å²) >= 11 is 0. The molecule has 2 aliphatic rings. The van der Waals surface area contributed by atoms with Crippen molar-refractivity contribution in [3.63, 3.8) is 0 Å². The van der Waals surface area contributed by atoms with Gasteiger partial charge in [-0.1, -0.05) is 12.1 Å². The highest BCUT2D eigenvalue weighted by molar-refractivity contribution is 5.72. The first-order valence-electron chi connectivity index (χ1n) is 7.21. The van der Waals surface area contributed by atoms with Gasteiger partial charge in [-0.05, 0) is 44.9 Å². The van der Waals surface area contributed by atoms with Gasteiger partial charge in [0.1, 0.15) is 10.9 Å². The summed E-state index contributed by atoms with van der Waals surface area (Å²) in [4.78, 5) is 7.02. The molecule has 20 heavy (non-hydrogen) atoms. The van der Waals surface area contributed by atoms with E-state index in [0.717, 1.165) is 23.9 Å². The molecule has 0 amide bonds. The van der Waals surface area contributed by atoms with E-state index >= 15 is 0 Å². The standard InChI is InChI=1S/C16H17N3O/c1-19-11-6-7-12(19)9-16(8-11,10-17)15-18-13-4-2-3-5-14(13)20-15/h2-5,11-12H,6-9H2,1H3. The van der Waals surface area contributed by atoms with Crippen molar-refractivity contribution in [1.82, 2.24) is 9.88 Å². The maximum Gasteiger partial charge on any atom is 0.216 e. The number of para-hydroxylation sites is 2. The van der Waals surface area contributed by atoms with Crippen molar-refractivity contribution in [3.05, 3.63) is 30.2 Å². The Morgan fingerprint density at radius 1 is 1.30 bits per heavy atom. The third kappa shape index (κ3) is 1.53. The molecule has 2 atom stereocenters. The van der Waals surface area contributed by atoms with E-state index in [-0.39, 0.29) is 0 Å². The second-order valence-electron chi connectivity index (χ2n) is 6.14. The lowest BCUT2D eigenvalue weighted by Gasteiger charge is -2.39. The van der Waals surface area contributed by atoms with Crippen molar-refractivity contribution in [3.8, 4) is 6.07 Å². The van der Waals surface area contributed by atoms with Crippen molar-refractivity contribution in [1.29, 1.82) is 5.26 Å². The number of nitrogens with zero attached hydrogens (tertiary/aromatic N) is 3. The van der Waals surface area contributed by atoms with Gasteiger partial charge in [0.05, 0.1) is 6.07 Å². The summed E-state index contributed by atoms with van der Waals surface area (Å²) in [5, 5.41) is 9.80. The van der Waals surface area contributed by atoms with Gasteiger partial charge in [0.2, 0.25) is 5.89 Å². The molecular weight excluding hydrogens is 250 g/mol. The zero-order chi connectivity index (χ0) is 13.7. The van der Waals surface area contributed by atoms with Crippen molar-refractivity contribution in [2.45, 2.75) is 43.2 Å². The van der Waals surface area contributed by atoms with Crippen LogP contribution >= 0.6 is 0 Å². The Hall–Kier alpha value is -1.86. The van der Waals surface area contributed by atoms with E-state index in [0.29, 0.717) is 18.0 Å². The molecule has 0 spiro atoms. The van der Waals surface area contributed by atoms with Gasteiger partial charge >= 0.3 is 0 Å². The molecule has 2 aromatic rings. The Morgan fingerprint density at radius 3 is 2.65 bits per heavy atom. The molecule has 1 aromatic heterocycles. The van der Waals surface area contributed by atoms with Crippen LogP contribution in [0.3, 0.4) is 0 Å². The van der Waals surface area contributed by atoms with Crippen LogP contribution in [-0.4, -0.2) is 29.0 Å². The largest absolute Gasteiger partial charge is 0.439 e. The van der Waals surface area contributed by atoms with Crippen molar-refractivity contribution >= 4 is 11.1 Å². The molecule has 4 nitrogen and oxygen atoms in total. The maximum atomic E-state index is 9.80. The van der Waals surface area contributed by atoms with E-state index in [1.165, 1.54) is 12.8 Å². The van der Waals surface area contributed by atoms with E-state index < -0.39 is 5.41 Å². The Kier molecular flexibility index (Phi) is 2.42. The summed E-state index contributed by atoms with van der Waals surface area (Å²) in [6, 6.07) is 11.3. The second-order valence-corrected chi connectivity index (χ2v) is 6.14. The van der Waals surface area contributed by atoms with E-state index in [9.17, 15) is 5.26 Å². The van der Waals surface area contributed by atoms with Gasteiger partial charge in [0, 0.05) is 12.1 Å². The SMILES string of the molecule is CN1C2CCC1CC(C#N)(c1nc3ccccc3o1)C2. The molecule has 2 aliphatic heterocycles. The lowest BCUT2D eigenvalue weighted by atomic mass is 9.76. The number of hydrogen-bond donors (Lipinski definition) is 0. The summed E-state index contributed by atoms with van der Waals surface area (Å²) in [7, 11) is 2.18. The average Bonchev–Trinajstić information content (AvgIpc) is 2.98. The molecular formula is C16H17N3O. The van der Waals surface area contributed by atoms with Crippen LogP contribution in [0, 0.1) is 11.3 Å². The predicted molar refractivity (Wildman–Crippen MR) is 75.1 cm³/mol. The van der Waals surface area contributed by atoms with Crippen LogP contribution < -0.4 is 0 Å². The highest BCUT2D eigenvalue weighted by atomic mass is 16.3. The van der Waals surface area contributed by atoms with Crippen LogP contribution in [0.25, 0.3) is 11.1 Å².